The minimum absolute atomic E-state index is 0.232. The molecule has 2 atom stereocenters. The first-order valence-corrected chi connectivity index (χ1v) is 12.2. The molecule has 0 amide bonds. The van der Waals surface area contributed by atoms with E-state index in [-0.39, 0.29) is 12.0 Å². The number of hydrogen-bond acceptors (Lipinski definition) is 3. The first-order chi connectivity index (χ1) is 16.1. The molecule has 2 heterocycles. The SMILES string of the molecule is CC1=C(c2ccc(Cl)cc2)C(c2ccccc2)CC(N2CCNCC2c2ccc(Cl)cc2)=N1. The molecule has 1 saturated heterocycles. The van der Waals surface area contributed by atoms with Gasteiger partial charge in [0.25, 0.3) is 0 Å². The summed E-state index contributed by atoms with van der Waals surface area (Å²) in [5.74, 6) is 1.39. The van der Waals surface area contributed by atoms with E-state index in [9.17, 15) is 0 Å². The highest BCUT2D eigenvalue weighted by atomic mass is 35.5. The van der Waals surface area contributed by atoms with Crippen molar-refractivity contribution in [1.82, 2.24) is 10.2 Å². The van der Waals surface area contributed by atoms with Crippen molar-refractivity contribution in [3.05, 3.63) is 111 Å². The van der Waals surface area contributed by atoms with Crippen LogP contribution in [0.5, 0.6) is 0 Å². The summed E-state index contributed by atoms with van der Waals surface area (Å²) in [6.45, 7) is 4.91. The molecular formula is C28H27Cl2N3. The summed E-state index contributed by atoms with van der Waals surface area (Å²) < 4.78 is 0. The van der Waals surface area contributed by atoms with Gasteiger partial charge < -0.3 is 10.2 Å². The Morgan fingerprint density at radius 2 is 1.52 bits per heavy atom. The van der Waals surface area contributed by atoms with E-state index < -0.39 is 0 Å². The van der Waals surface area contributed by atoms with E-state index in [4.69, 9.17) is 28.2 Å². The van der Waals surface area contributed by atoms with Gasteiger partial charge in [0.2, 0.25) is 0 Å². The summed E-state index contributed by atoms with van der Waals surface area (Å²) in [7, 11) is 0. The van der Waals surface area contributed by atoms with Crippen molar-refractivity contribution in [3.63, 3.8) is 0 Å². The molecule has 5 rings (SSSR count). The number of allylic oxidation sites excluding steroid dienone is 2. The molecule has 1 N–H and O–H groups in total. The molecule has 3 aromatic carbocycles. The third-order valence-corrected chi connectivity index (χ3v) is 7.11. The molecule has 2 aliphatic heterocycles. The zero-order valence-corrected chi connectivity index (χ0v) is 20.2. The van der Waals surface area contributed by atoms with Crippen LogP contribution in [-0.2, 0) is 0 Å². The van der Waals surface area contributed by atoms with Crippen molar-refractivity contribution in [2.75, 3.05) is 19.6 Å². The van der Waals surface area contributed by atoms with Gasteiger partial charge in [0.15, 0.2) is 0 Å². The Labute approximate surface area is 205 Å². The Morgan fingerprint density at radius 1 is 0.848 bits per heavy atom. The number of piperazine rings is 1. The third kappa shape index (κ3) is 4.72. The molecule has 33 heavy (non-hydrogen) atoms. The van der Waals surface area contributed by atoms with Gasteiger partial charge >= 0.3 is 0 Å². The van der Waals surface area contributed by atoms with Crippen LogP contribution in [0.3, 0.4) is 0 Å². The van der Waals surface area contributed by atoms with E-state index in [0.717, 1.165) is 47.6 Å². The van der Waals surface area contributed by atoms with E-state index in [0.29, 0.717) is 0 Å². The fourth-order valence-electron chi connectivity index (χ4n) is 5.02. The highest BCUT2D eigenvalue weighted by molar-refractivity contribution is 6.30. The average molecular weight is 476 g/mol. The molecule has 1 fully saturated rings. The molecule has 0 spiro atoms. The maximum atomic E-state index is 6.18. The van der Waals surface area contributed by atoms with Gasteiger partial charge in [-0.25, -0.2) is 4.99 Å². The maximum absolute atomic E-state index is 6.18. The average Bonchev–Trinajstić information content (AvgIpc) is 2.85. The Morgan fingerprint density at radius 3 is 2.21 bits per heavy atom. The second-order valence-electron chi connectivity index (χ2n) is 8.67. The van der Waals surface area contributed by atoms with Gasteiger partial charge in [-0.05, 0) is 53.5 Å². The molecule has 5 heteroatoms. The molecular weight excluding hydrogens is 449 g/mol. The number of amidine groups is 1. The topological polar surface area (TPSA) is 27.6 Å². The van der Waals surface area contributed by atoms with Crippen LogP contribution in [0.15, 0.2) is 89.6 Å². The first kappa shape index (κ1) is 22.2. The number of aliphatic imine (C=N–C) groups is 1. The van der Waals surface area contributed by atoms with E-state index >= 15 is 0 Å². The van der Waals surface area contributed by atoms with Crippen LogP contribution in [0.25, 0.3) is 5.57 Å². The van der Waals surface area contributed by atoms with Gasteiger partial charge in [-0.1, -0.05) is 77.8 Å². The van der Waals surface area contributed by atoms with Gasteiger partial charge in [-0.15, -0.1) is 0 Å². The summed E-state index contributed by atoms with van der Waals surface area (Å²) in [5, 5.41) is 5.07. The Balaban J connectivity index is 1.57. The fourth-order valence-corrected chi connectivity index (χ4v) is 5.28. The van der Waals surface area contributed by atoms with Gasteiger partial charge in [0, 0.05) is 47.7 Å². The Hall–Kier alpha value is -2.59. The third-order valence-electron chi connectivity index (χ3n) is 6.61. The van der Waals surface area contributed by atoms with Gasteiger partial charge in [0.1, 0.15) is 5.84 Å². The van der Waals surface area contributed by atoms with Gasteiger partial charge in [-0.2, -0.15) is 0 Å². The zero-order valence-electron chi connectivity index (χ0n) is 18.6. The quantitative estimate of drug-likeness (QED) is 0.443. The minimum Gasteiger partial charge on any atom is -0.350 e. The standard InChI is InChI=1S/C28H27Cl2N3/c1-19-28(22-9-13-24(30)14-10-22)25(20-5-3-2-4-6-20)17-27(32-19)33-16-15-31-18-26(33)21-7-11-23(29)12-8-21/h2-14,25-26,31H,15-18H2,1H3. The highest BCUT2D eigenvalue weighted by Crippen LogP contribution is 2.42. The van der Waals surface area contributed by atoms with Crippen molar-refractivity contribution in [3.8, 4) is 0 Å². The first-order valence-electron chi connectivity index (χ1n) is 11.4. The molecule has 0 bridgehead atoms. The van der Waals surface area contributed by atoms with Crippen molar-refractivity contribution < 1.29 is 0 Å². The number of halogens is 2. The lowest BCUT2D eigenvalue weighted by Gasteiger charge is -2.41. The van der Waals surface area contributed by atoms with Crippen LogP contribution in [0.4, 0.5) is 0 Å². The van der Waals surface area contributed by atoms with Crippen LogP contribution in [0, 0.1) is 0 Å². The number of nitrogens with zero attached hydrogens (tertiary/aromatic N) is 2. The molecule has 0 saturated carbocycles. The molecule has 2 unspecified atom stereocenters. The summed E-state index contributed by atoms with van der Waals surface area (Å²) in [5.41, 5.74) is 6.10. The summed E-state index contributed by atoms with van der Waals surface area (Å²) in [4.78, 5) is 7.67. The molecule has 0 aliphatic carbocycles. The molecule has 3 aromatic rings. The van der Waals surface area contributed by atoms with Crippen LogP contribution in [0.1, 0.15) is 42.0 Å². The lowest BCUT2D eigenvalue weighted by molar-refractivity contribution is 0.255. The monoisotopic (exact) mass is 475 g/mol. The van der Waals surface area contributed by atoms with Crippen LogP contribution in [0.2, 0.25) is 10.0 Å². The van der Waals surface area contributed by atoms with E-state index in [1.54, 1.807) is 0 Å². The van der Waals surface area contributed by atoms with E-state index in [1.165, 1.54) is 22.3 Å². The lowest BCUT2D eigenvalue weighted by Crippen LogP contribution is -2.49. The summed E-state index contributed by atoms with van der Waals surface area (Å²) in [6.07, 6.45) is 0.864. The molecule has 2 aliphatic rings. The predicted octanol–water partition coefficient (Wildman–Crippen LogP) is 6.96. The second-order valence-corrected chi connectivity index (χ2v) is 9.54. The lowest BCUT2D eigenvalue weighted by atomic mass is 9.81. The van der Waals surface area contributed by atoms with E-state index in [1.807, 2.05) is 24.3 Å². The molecule has 0 radical (unpaired) electrons. The van der Waals surface area contributed by atoms with Crippen molar-refractivity contribution in [1.29, 1.82) is 0 Å². The molecule has 3 nitrogen and oxygen atoms in total. The number of benzene rings is 3. The summed E-state index contributed by atoms with van der Waals surface area (Å²) in [6, 6.07) is 27.4. The second kappa shape index (κ2) is 9.72. The van der Waals surface area contributed by atoms with Crippen LogP contribution >= 0.6 is 23.2 Å². The molecule has 168 valence electrons. The van der Waals surface area contributed by atoms with Crippen molar-refractivity contribution in [2.45, 2.75) is 25.3 Å². The number of rotatable bonds is 3. The maximum Gasteiger partial charge on any atom is 0.106 e. The fraction of sp³-hybridized carbons (Fsp3) is 0.250. The zero-order chi connectivity index (χ0) is 22.8. The van der Waals surface area contributed by atoms with Crippen LogP contribution in [-0.4, -0.2) is 30.4 Å². The van der Waals surface area contributed by atoms with Crippen molar-refractivity contribution in [2.24, 2.45) is 4.99 Å². The number of nitrogens with one attached hydrogen (secondary N) is 1. The largest absolute Gasteiger partial charge is 0.350 e. The normalized spacial score (nSPS) is 21.2. The minimum atomic E-state index is 0.232. The predicted molar refractivity (Wildman–Crippen MR) is 139 cm³/mol. The molecule has 0 aromatic heterocycles. The Kier molecular flexibility index (Phi) is 6.55. The Bertz CT molecular complexity index is 1170. The van der Waals surface area contributed by atoms with Gasteiger partial charge in [0.05, 0.1) is 6.04 Å². The summed E-state index contributed by atoms with van der Waals surface area (Å²) >= 11 is 12.3. The smallest absolute Gasteiger partial charge is 0.106 e. The number of hydrogen-bond donors (Lipinski definition) is 1. The highest BCUT2D eigenvalue weighted by Gasteiger charge is 2.33. The van der Waals surface area contributed by atoms with Gasteiger partial charge in [-0.3, -0.25) is 0 Å². The van der Waals surface area contributed by atoms with E-state index in [2.05, 4.69) is 71.7 Å². The van der Waals surface area contributed by atoms with Crippen LogP contribution < -0.4 is 5.32 Å². The van der Waals surface area contributed by atoms with Crippen molar-refractivity contribution >= 4 is 34.6 Å².